The molecule has 0 spiro atoms. The molecular weight excluding hydrogens is 224 g/mol. The van der Waals surface area contributed by atoms with Crippen molar-refractivity contribution in [3.05, 3.63) is 24.0 Å². The van der Waals surface area contributed by atoms with E-state index >= 15 is 0 Å². The average Bonchev–Trinajstić information content (AvgIpc) is 2.17. The first-order valence-electron chi connectivity index (χ1n) is 4.67. The Balaban J connectivity index is 2.84. The number of aromatic nitrogens is 1. The number of pyridine rings is 1. The quantitative estimate of drug-likeness (QED) is 0.660. The molecule has 0 fully saturated rings. The summed E-state index contributed by atoms with van der Waals surface area (Å²) in [7, 11) is 0. The molecule has 16 heavy (non-hydrogen) atoms. The average molecular weight is 238 g/mol. The molecule has 0 aliphatic rings. The molecule has 0 aliphatic heterocycles. The molecule has 86 valence electrons. The van der Waals surface area contributed by atoms with Crippen LogP contribution in [-0.4, -0.2) is 21.4 Å². The van der Waals surface area contributed by atoms with Crippen molar-refractivity contribution >= 4 is 28.8 Å². The van der Waals surface area contributed by atoms with Crippen molar-refractivity contribution in [2.75, 3.05) is 5.32 Å². The lowest BCUT2D eigenvalue weighted by Gasteiger charge is -2.23. The van der Waals surface area contributed by atoms with Crippen LogP contribution in [0.4, 0.5) is 5.69 Å². The Morgan fingerprint density at radius 1 is 1.44 bits per heavy atom. The lowest BCUT2D eigenvalue weighted by molar-refractivity contribution is -0.121. The highest BCUT2D eigenvalue weighted by Crippen LogP contribution is 2.13. The number of hydrogen-bond acceptors (Lipinski definition) is 4. The molecule has 0 unspecified atom stereocenters. The second kappa shape index (κ2) is 4.44. The van der Waals surface area contributed by atoms with Crippen LogP contribution in [0.15, 0.2) is 18.3 Å². The Morgan fingerprint density at radius 3 is 2.44 bits per heavy atom. The summed E-state index contributed by atoms with van der Waals surface area (Å²) in [5, 5.41) is 2.96. The number of nitrogens with one attached hydrogen (secondary N) is 1. The normalized spacial score (nSPS) is 10.9. The molecule has 5 N–H and O–H groups in total. The molecule has 1 aromatic rings. The van der Waals surface area contributed by atoms with E-state index in [0.29, 0.717) is 11.4 Å². The van der Waals surface area contributed by atoms with Crippen molar-refractivity contribution < 1.29 is 4.79 Å². The molecular formula is C10H14N4OS. The molecule has 0 saturated carbocycles. The second-order valence-electron chi connectivity index (χ2n) is 3.91. The topological polar surface area (TPSA) is 94.0 Å². The fourth-order valence-corrected chi connectivity index (χ4v) is 1.16. The highest BCUT2D eigenvalue weighted by Gasteiger charge is 2.24. The van der Waals surface area contributed by atoms with Gasteiger partial charge in [-0.2, -0.15) is 0 Å². The standard InChI is InChI=1S/C10H14N4OS/c1-10(2,9(12)15)14-6-3-4-7(8(11)16)13-5-6/h3-5,14H,1-2H3,(H2,11,16)(H2,12,15). The fraction of sp³-hybridized carbons (Fsp3) is 0.300. The van der Waals surface area contributed by atoms with Crippen LogP contribution in [0.2, 0.25) is 0 Å². The molecule has 0 bridgehead atoms. The maximum Gasteiger partial charge on any atom is 0.242 e. The molecule has 1 amide bonds. The number of rotatable bonds is 4. The predicted molar refractivity (Wildman–Crippen MR) is 67.0 cm³/mol. The van der Waals surface area contributed by atoms with Gasteiger partial charge in [0.1, 0.15) is 10.5 Å². The van der Waals surface area contributed by atoms with Crippen LogP contribution in [0.5, 0.6) is 0 Å². The largest absolute Gasteiger partial charge is 0.388 e. The van der Waals surface area contributed by atoms with E-state index in [1.807, 2.05) is 0 Å². The van der Waals surface area contributed by atoms with Gasteiger partial charge in [0.25, 0.3) is 0 Å². The van der Waals surface area contributed by atoms with Gasteiger partial charge in [0.05, 0.1) is 17.6 Å². The molecule has 0 saturated heterocycles. The maximum absolute atomic E-state index is 11.1. The SMILES string of the molecule is CC(C)(Nc1ccc(C(N)=S)nc1)C(N)=O. The molecule has 0 atom stereocenters. The molecule has 5 nitrogen and oxygen atoms in total. The summed E-state index contributed by atoms with van der Waals surface area (Å²) < 4.78 is 0. The monoisotopic (exact) mass is 238 g/mol. The minimum atomic E-state index is -0.827. The predicted octanol–water partition coefficient (Wildman–Crippen LogP) is 0.392. The van der Waals surface area contributed by atoms with Crippen molar-refractivity contribution in [2.24, 2.45) is 11.5 Å². The highest BCUT2D eigenvalue weighted by molar-refractivity contribution is 7.80. The van der Waals surface area contributed by atoms with Gasteiger partial charge >= 0.3 is 0 Å². The van der Waals surface area contributed by atoms with Gasteiger partial charge in [0, 0.05) is 0 Å². The molecule has 0 aromatic carbocycles. The summed E-state index contributed by atoms with van der Waals surface area (Å²) in [6.45, 7) is 3.38. The van der Waals surface area contributed by atoms with Gasteiger partial charge in [-0.05, 0) is 26.0 Å². The summed E-state index contributed by atoms with van der Waals surface area (Å²) in [5.41, 5.74) is 11.0. The number of hydrogen-bond donors (Lipinski definition) is 3. The number of nitrogens with zero attached hydrogens (tertiary/aromatic N) is 1. The van der Waals surface area contributed by atoms with Gasteiger partial charge in [0.2, 0.25) is 5.91 Å². The van der Waals surface area contributed by atoms with E-state index in [2.05, 4.69) is 10.3 Å². The van der Waals surface area contributed by atoms with Crippen LogP contribution in [0.3, 0.4) is 0 Å². The molecule has 0 radical (unpaired) electrons. The first kappa shape index (κ1) is 12.4. The molecule has 6 heteroatoms. The summed E-state index contributed by atoms with van der Waals surface area (Å²) in [4.78, 5) is 15.4. The van der Waals surface area contributed by atoms with Crippen molar-refractivity contribution in [1.82, 2.24) is 4.98 Å². The summed E-state index contributed by atoms with van der Waals surface area (Å²) in [6, 6.07) is 3.42. The third kappa shape index (κ3) is 2.90. The zero-order valence-corrected chi connectivity index (χ0v) is 9.97. The van der Waals surface area contributed by atoms with Crippen LogP contribution in [0.25, 0.3) is 0 Å². The van der Waals surface area contributed by atoms with Crippen molar-refractivity contribution in [2.45, 2.75) is 19.4 Å². The third-order valence-corrected chi connectivity index (χ3v) is 2.30. The lowest BCUT2D eigenvalue weighted by Crippen LogP contribution is -2.45. The molecule has 1 aromatic heterocycles. The minimum absolute atomic E-state index is 0.237. The summed E-state index contributed by atoms with van der Waals surface area (Å²) >= 11 is 4.78. The summed E-state index contributed by atoms with van der Waals surface area (Å²) in [6.07, 6.45) is 1.55. The number of nitrogens with two attached hydrogens (primary N) is 2. The van der Waals surface area contributed by atoms with Crippen LogP contribution >= 0.6 is 12.2 Å². The smallest absolute Gasteiger partial charge is 0.242 e. The second-order valence-corrected chi connectivity index (χ2v) is 4.35. The van der Waals surface area contributed by atoms with E-state index in [-0.39, 0.29) is 4.99 Å². The van der Waals surface area contributed by atoms with Gasteiger partial charge in [0.15, 0.2) is 0 Å². The van der Waals surface area contributed by atoms with E-state index in [1.54, 1.807) is 32.2 Å². The molecule has 0 aliphatic carbocycles. The summed E-state index contributed by atoms with van der Waals surface area (Å²) in [5.74, 6) is -0.439. The Bertz CT molecular complexity index is 413. The lowest BCUT2D eigenvalue weighted by atomic mass is 10.1. The fourth-order valence-electron chi connectivity index (χ4n) is 1.04. The number of anilines is 1. The zero-order valence-electron chi connectivity index (χ0n) is 9.15. The third-order valence-electron chi connectivity index (χ3n) is 2.09. The molecule has 1 heterocycles. The van der Waals surface area contributed by atoms with Crippen LogP contribution < -0.4 is 16.8 Å². The van der Waals surface area contributed by atoms with Crippen LogP contribution in [-0.2, 0) is 4.79 Å². The van der Waals surface area contributed by atoms with Crippen molar-refractivity contribution in [1.29, 1.82) is 0 Å². The molecule has 1 rings (SSSR count). The first-order valence-corrected chi connectivity index (χ1v) is 5.08. The van der Waals surface area contributed by atoms with Gasteiger partial charge in [-0.3, -0.25) is 9.78 Å². The maximum atomic E-state index is 11.1. The van der Waals surface area contributed by atoms with Crippen molar-refractivity contribution in [3.63, 3.8) is 0 Å². The first-order chi connectivity index (χ1) is 7.33. The van der Waals surface area contributed by atoms with E-state index in [9.17, 15) is 4.79 Å². The van der Waals surface area contributed by atoms with E-state index in [1.165, 1.54) is 0 Å². The zero-order chi connectivity index (χ0) is 12.3. The van der Waals surface area contributed by atoms with E-state index < -0.39 is 11.4 Å². The minimum Gasteiger partial charge on any atom is -0.388 e. The number of thiocarbonyl (C=S) groups is 1. The highest BCUT2D eigenvalue weighted by atomic mass is 32.1. The van der Waals surface area contributed by atoms with E-state index in [4.69, 9.17) is 23.7 Å². The van der Waals surface area contributed by atoms with Gasteiger partial charge < -0.3 is 16.8 Å². The van der Waals surface area contributed by atoms with E-state index in [0.717, 1.165) is 0 Å². The Labute approximate surface area is 99.2 Å². The Kier molecular flexibility index (Phi) is 3.44. The number of carbonyl (C=O) groups excluding carboxylic acids is 1. The van der Waals surface area contributed by atoms with Crippen molar-refractivity contribution in [3.8, 4) is 0 Å². The Morgan fingerprint density at radius 2 is 2.06 bits per heavy atom. The number of carbonyl (C=O) groups is 1. The van der Waals surface area contributed by atoms with Crippen LogP contribution in [0, 0.1) is 0 Å². The van der Waals surface area contributed by atoms with Crippen LogP contribution in [0.1, 0.15) is 19.5 Å². The van der Waals surface area contributed by atoms with Gasteiger partial charge in [-0.1, -0.05) is 12.2 Å². The van der Waals surface area contributed by atoms with Gasteiger partial charge in [-0.15, -0.1) is 0 Å². The van der Waals surface area contributed by atoms with Gasteiger partial charge in [-0.25, -0.2) is 0 Å². The Hall–Kier alpha value is -1.69. The number of primary amides is 1. The number of amides is 1.